The maximum absolute atomic E-state index is 10.6. The van der Waals surface area contributed by atoms with Crippen molar-refractivity contribution in [2.45, 2.75) is 25.7 Å². The lowest BCUT2D eigenvalue weighted by Crippen LogP contribution is -2.21. The molecule has 1 aliphatic rings. The quantitative estimate of drug-likeness (QED) is 0.349. The fourth-order valence-corrected chi connectivity index (χ4v) is 0.904. The molecule has 4 heteroatoms. The normalized spacial score (nSPS) is 18.0. The van der Waals surface area contributed by atoms with E-state index < -0.39 is 0 Å². The van der Waals surface area contributed by atoms with Crippen molar-refractivity contribution in [3.63, 3.8) is 0 Å². The maximum atomic E-state index is 10.6. The Kier molecular flexibility index (Phi) is 6.11. The van der Waals surface area contributed by atoms with E-state index >= 15 is 0 Å². The molecule has 1 saturated heterocycles. The SMILES string of the molecule is O=C1CCCCCN1.OO. The predicted molar refractivity (Wildman–Crippen MR) is 36.7 cm³/mol. The highest BCUT2D eigenvalue weighted by Crippen LogP contribution is 2.02. The van der Waals surface area contributed by atoms with E-state index in [0.29, 0.717) is 0 Å². The molecule has 0 aliphatic carbocycles. The zero-order valence-electron chi connectivity index (χ0n) is 5.84. The molecule has 0 bridgehead atoms. The lowest BCUT2D eigenvalue weighted by atomic mass is 10.2. The van der Waals surface area contributed by atoms with Crippen LogP contribution in [0.25, 0.3) is 0 Å². The largest absolute Gasteiger partial charge is 0.356 e. The third-order valence-corrected chi connectivity index (χ3v) is 1.40. The topological polar surface area (TPSA) is 69.6 Å². The van der Waals surface area contributed by atoms with Crippen LogP contribution in [0.15, 0.2) is 0 Å². The van der Waals surface area contributed by atoms with Crippen molar-refractivity contribution < 1.29 is 15.3 Å². The number of hydrogen-bond donors (Lipinski definition) is 3. The molecule has 0 atom stereocenters. The van der Waals surface area contributed by atoms with E-state index in [2.05, 4.69) is 5.32 Å². The Morgan fingerprint density at radius 1 is 1.20 bits per heavy atom. The van der Waals surface area contributed by atoms with Gasteiger partial charge in [-0.05, 0) is 12.8 Å². The Morgan fingerprint density at radius 3 is 2.60 bits per heavy atom. The van der Waals surface area contributed by atoms with Crippen LogP contribution in [-0.4, -0.2) is 23.0 Å². The van der Waals surface area contributed by atoms with Crippen LogP contribution in [0.3, 0.4) is 0 Å². The van der Waals surface area contributed by atoms with Gasteiger partial charge in [-0.3, -0.25) is 15.3 Å². The van der Waals surface area contributed by atoms with Crippen molar-refractivity contribution in [3.05, 3.63) is 0 Å². The van der Waals surface area contributed by atoms with Crippen molar-refractivity contribution in [2.24, 2.45) is 0 Å². The van der Waals surface area contributed by atoms with E-state index in [1.165, 1.54) is 6.42 Å². The minimum Gasteiger partial charge on any atom is -0.356 e. The monoisotopic (exact) mass is 147 g/mol. The molecule has 0 radical (unpaired) electrons. The molecule has 1 aliphatic heterocycles. The molecule has 1 rings (SSSR count). The van der Waals surface area contributed by atoms with Crippen LogP contribution < -0.4 is 5.32 Å². The van der Waals surface area contributed by atoms with Gasteiger partial charge in [-0.1, -0.05) is 6.42 Å². The van der Waals surface area contributed by atoms with Crippen molar-refractivity contribution in [2.75, 3.05) is 6.54 Å². The van der Waals surface area contributed by atoms with Gasteiger partial charge in [0.15, 0.2) is 0 Å². The van der Waals surface area contributed by atoms with E-state index in [1.54, 1.807) is 0 Å². The molecule has 3 N–H and O–H groups in total. The number of hydrogen-bond acceptors (Lipinski definition) is 3. The van der Waals surface area contributed by atoms with E-state index in [0.717, 1.165) is 25.8 Å². The van der Waals surface area contributed by atoms with Crippen LogP contribution in [0.1, 0.15) is 25.7 Å². The Labute approximate surface area is 59.8 Å². The minimum absolute atomic E-state index is 0.225. The van der Waals surface area contributed by atoms with Gasteiger partial charge in [0, 0.05) is 13.0 Å². The second-order valence-corrected chi connectivity index (χ2v) is 2.16. The minimum atomic E-state index is 0.225. The highest BCUT2D eigenvalue weighted by molar-refractivity contribution is 5.75. The Hall–Kier alpha value is -0.610. The van der Waals surface area contributed by atoms with E-state index in [4.69, 9.17) is 10.5 Å². The number of amides is 1. The first-order chi connectivity index (χ1) is 4.89. The average Bonchev–Trinajstić information content (AvgIpc) is 2.21. The molecule has 0 spiro atoms. The lowest BCUT2D eigenvalue weighted by Gasteiger charge is -1.93. The average molecular weight is 147 g/mol. The van der Waals surface area contributed by atoms with Gasteiger partial charge in [-0.25, -0.2) is 0 Å². The highest BCUT2D eigenvalue weighted by atomic mass is 17.0. The third-order valence-electron chi connectivity index (χ3n) is 1.40. The fraction of sp³-hybridized carbons (Fsp3) is 0.833. The molecular formula is C6H13NO3. The molecule has 10 heavy (non-hydrogen) atoms. The molecule has 1 heterocycles. The van der Waals surface area contributed by atoms with Crippen LogP contribution in [0.2, 0.25) is 0 Å². The molecule has 1 fully saturated rings. The summed E-state index contributed by atoms with van der Waals surface area (Å²) in [5, 5.41) is 14.8. The number of nitrogens with one attached hydrogen (secondary N) is 1. The van der Waals surface area contributed by atoms with Crippen LogP contribution in [0, 0.1) is 0 Å². The summed E-state index contributed by atoms with van der Waals surface area (Å²) >= 11 is 0. The van der Waals surface area contributed by atoms with Crippen molar-refractivity contribution in [3.8, 4) is 0 Å². The summed E-state index contributed by atoms with van der Waals surface area (Å²) in [5.74, 6) is 0.225. The first-order valence-corrected chi connectivity index (χ1v) is 3.36. The van der Waals surface area contributed by atoms with Gasteiger partial charge >= 0.3 is 0 Å². The number of rotatable bonds is 0. The number of carbonyl (C=O) groups excluding carboxylic acids is 1. The first-order valence-electron chi connectivity index (χ1n) is 3.36. The summed E-state index contributed by atoms with van der Waals surface area (Å²) in [7, 11) is 0. The van der Waals surface area contributed by atoms with Gasteiger partial charge in [0.1, 0.15) is 0 Å². The summed E-state index contributed by atoms with van der Waals surface area (Å²) in [4.78, 5) is 10.6. The molecule has 4 nitrogen and oxygen atoms in total. The standard InChI is InChI=1S/C6H11NO.H2O2/c8-6-4-2-1-3-5-7-6;1-2/h1-5H2,(H,7,8);1-2H. The first kappa shape index (κ1) is 9.39. The summed E-state index contributed by atoms with van der Waals surface area (Å²) in [6, 6.07) is 0. The molecule has 1 amide bonds. The van der Waals surface area contributed by atoms with Gasteiger partial charge < -0.3 is 5.32 Å². The Morgan fingerprint density at radius 2 is 1.90 bits per heavy atom. The van der Waals surface area contributed by atoms with Gasteiger partial charge in [0.25, 0.3) is 0 Å². The van der Waals surface area contributed by atoms with Crippen LogP contribution >= 0.6 is 0 Å². The Balaban J connectivity index is 0.000000371. The highest BCUT2D eigenvalue weighted by Gasteiger charge is 2.03. The Bertz CT molecular complexity index is 85.0. The molecule has 0 aromatic carbocycles. The zero-order valence-corrected chi connectivity index (χ0v) is 5.84. The van der Waals surface area contributed by atoms with Crippen molar-refractivity contribution >= 4 is 5.91 Å². The summed E-state index contributed by atoms with van der Waals surface area (Å²) in [6.45, 7) is 0.888. The predicted octanol–water partition coefficient (Wildman–Crippen LogP) is 0.694. The van der Waals surface area contributed by atoms with Crippen LogP contribution in [0.5, 0.6) is 0 Å². The molecule has 0 aromatic heterocycles. The zero-order chi connectivity index (χ0) is 7.82. The second-order valence-electron chi connectivity index (χ2n) is 2.16. The third kappa shape index (κ3) is 4.29. The van der Waals surface area contributed by atoms with Crippen LogP contribution in [-0.2, 0) is 4.79 Å². The second kappa shape index (κ2) is 6.51. The molecular weight excluding hydrogens is 134 g/mol. The van der Waals surface area contributed by atoms with E-state index in [1.807, 2.05) is 0 Å². The van der Waals surface area contributed by atoms with Gasteiger partial charge in [0.2, 0.25) is 5.91 Å². The van der Waals surface area contributed by atoms with Crippen LogP contribution in [0.4, 0.5) is 0 Å². The van der Waals surface area contributed by atoms with Crippen molar-refractivity contribution in [1.82, 2.24) is 5.32 Å². The summed E-state index contributed by atoms with van der Waals surface area (Å²) in [5.41, 5.74) is 0. The molecule has 0 aromatic rings. The maximum Gasteiger partial charge on any atom is 0.219 e. The van der Waals surface area contributed by atoms with E-state index in [9.17, 15) is 4.79 Å². The van der Waals surface area contributed by atoms with E-state index in [-0.39, 0.29) is 5.91 Å². The summed E-state index contributed by atoms with van der Waals surface area (Å²) < 4.78 is 0. The van der Waals surface area contributed by atoms with Gasteiger partial charge in [-0.15, -0.1) is 0 Å². The van der Waals surface area contributed by atoms with Gasteiger partial charge in [-0.2, -0.15) is 0 Å². The molecule has 0 unspecified atom stereocenters. The molecule has 0 saturated carbocycles. The van der Waals surface area contributed by atoms with Crippen molar-refractivity contribution in [1.29, 1.82) is 0 Å². The smallest absolute Gasteiger partial charge is 0.219 e. The molecule has 60 valence electrons. The fourth-order valence-electron chi connectivity index (χ4n) is 0.904. The number of carbonyl (C=O) groups is 1. The lowest BCUT2D eigenvalue weighted by molar-refractivity contribution is -0.176. The van der Waals surface area contributed by atoms with Gasteiger partial charge in [0.05, 0.1) is 0 Å². The summed E-state index contributed by atoms with van der Waals surface area (Å²) in [6.07, 6.45) is 4.18.